The van der Waals surface area contributed by atoms with Gasteiger partial charge in [-0.1, -0.05) is 18.2 Å². The van der Waals surface area contributed by atoms with Gasteiger partial charge in [-0.15, -0.1) is 0 Å². The third-order valence-corrected chi connectivity index (χ3v) is 5.60. The quantitative estimate of drug-likeness (QED) is 0.613. The molecule has 2 heterocycles. The van der Waals surface area contributed by atoms with Gasteiger partial charge in [-0.25, -0.2) is 4.68 Å². The van der Waals surface area contributed by atoms with Gasteiger partial charge in [0.15, 0.2) is 17.2 Å². The molecule has 0 aliphatic carbocycles. The van der Waals surface area contributed by atoms with Crippen molar-refractivity contribution in [2.75, 3.05) is 26.8 Å². The number of amides is 1. The van der Waals surface area contributed by atoms with E-state index in [1.54, 1.807) is 31.3 Å². The molecule has 1 N–H and O–H groups in total. The summed E-state index contributed by atoms with van der Waals surface area (Å²) in [5.74, 6) is 1.19. The summed E-state index contributed by atoms with van der Waals surface area (Å²) in [4.78, 5) is 27.6. The third-order valence-electron chi connectivity index (χ3n) is 5.60. The van der Waals surface area contributed by atoms with Gasteiger partial charge in [0.05, 0.1) is 25.3 Å². The molecule has 1 aromatic heterocycles. The van der Waals surface area contributed by atoms with E-state index in [1.807, 2.05) is 19.9 Å². The van der Waals surface area contributed by atoms with Crippen LogP contribution in [0.3, 0.4) is 0 Å². The molecule has 3 aromatic rings. The van der Waals surface area contributed by atoms with Gasteiger partial charge in [-0.2, -0.15) is 5.10 Å². The highest BCUT2D eigenvalue weighted by Gasteiger charge is 2.22. The van der Waals surface area contributed by atoms with Crippen molar-refractivity contribution in [1.29, 1.82) is 0 Å². The summed E-state index contributed by atoms with van der Waals surface area (Å²) in [7, 11) is 1.56. The maximum absolute atomic E-state index is 13.1. The number of nitrogens with zero attached hydrogens (tertiary/aromatic N) is 3. The first-order valence-electron chi connectivity index (χ1n) is 10.9. The van der Waals surface area contributed by atoms with E-state index in [0.29, 0.717) is 37.2 Å². The topological polar surface area (TPSA) is 85.7 Å². The van der Waals surface area contributed by atoms with Crippen LogP contribution in [0, 0.1) is 0 Å². The molecule has 0 fully saturated rings. The second kappa shape index (κ2) is 9.40. The van der Waals surface area contributed by atoms with Crippen molar-refractivity contribution in [3.63, 3.8) is 0 Å². The SMILES string of the molecule is CCOc1cc2c(cc1OCC)CN(Cn1nc(C(=O)NC)c3ccccc3c1=O)CC2. The Morgan fingerprint density at radius 1 is 1.06 bits per heavy atom. The summed E-state index contributed by atoms with van der Waals surface area (Å²) >= 11 is 0. The van der Waals surface area contributed by atoms with E-state index in [0.717, 1.165) is 30.0 Å². The highest BCUT2D eigenvalue weighted by Crippen LogP contribution is 2.34. The van der Waals surface area contributed by atoms with Crippen LogP contribution in [0.4, 0.5) is 0 Å². The molecule has 0 radical (unpaired) electrons. The smallest absolute Gasteiger partial charge is 0.275 e. The molecular weight excluding hydrogens is 408 g/mol. The minimum atomic E-state index is -0.316. The summed E-state index contributed by atoms with van der Waals surface area (Å²) in [5, 5.41) is 8.07. The van der Waals surface area contributed by atoms with Crippen molar-refractivity contribution in [3.8, 4) is 11.5 Å². The zero-order valence-corrected chi connectivity index (χ0v) is 18.7. The molecule has 8 nitrogen and oxygen atoms in total. The van der Waals surface area contributed by atoms with Crippen LogP contribution in [-0.2, 0) is 19.6 Å². The number of nitrogens with one attached hydrogen (secondary N) is 1. The lowest BCUT2D eigenvalue weighted by atomic mass is 9.99. The number of fused-ring (bicyclic) bond motifs is 2. The monoisotopic (exact) mass is 436 g/mol. The Morgan fingerprint density at radius 2 is 1.72 bits per heavy atom. The van der Waals surface area contributed by atoms with Gasteiger partial charge in [-0.3, -0.25) is 14.5 Å². The predicted octanol–water partition coefficient (Wildman–Crippen LogP) is 2.57. The lowest BCUT2D eigenvalue weighted by Gasteiger charge is -2.29. The molecule has 32 heavy (non-hydrogen) atoms. The molecule has 0 bridgehead atoms. The minimum absolute atomic E-state index is 0.208. The van der Waals surface area contributed by atoms with Crippen LogP contribution >= 0.6 is 0 Å². The van der Waals surface area contributed by atoms with Gasteiger partial charge in [0, 0.05) is 25.5 Å². The molecule has 1 aliphatic heterocycles. The molecule has 0 saturated heterocycles. The molecule has 2 aromatic carbocycles. The molecule has 168 valence electrons. The van der Waals surface area contributed by atoms with Gasteiger partial charge >= 0.3 is 0 Å². The van der Waals surface area contributed by atoms with Crippen LogP contribution in [0.25, 0.3) is 10.8 Å². The van der Waals surface area contributed by atoms with Crippen LogP contribution < -0.4 is 20.3 Å². The largest absolute Gasteiger partial charge is 0.490 e. The Morgan fingerprint density at radius 3 is 2.38 bits per heavy atom. The fourth-order valence-corrected chi connectivity index (χ4v) is 4.09. The van der Waals surface area contributed by atoms with Gasteiger partial charge in [0.1, 0.15) is 0 Å². The Hall–Kier alpha value is -3.39. The second-order valence-electron chi connectivity index (χ2n) is 7.66. The number of rotatable bonds is 7. The first-order chi connectivity index (χ1) is 15.5. The number of ether oxygens (including phenoxy) is 2. The summed E-state index contributed by atoms with van der Waals surface area (Å²) in [6.45, 7) is 6.75. The number of carbonyl (C=O) groups excluding carboxylic acids is 1. The molecule has 0 saturated carbocycles. The van der Waals surface area contributed by atoms with E-state index < -0.39 is 0 Å². The summed E-state index contributed by atoms with van der Waals surface area (Å²) in [5.41, 5.74) is 2.40. The Labute approximate surface area is 186 Å². The highest BCUT2D eigenvalue weighted by atomic mass is 16.5. The van der Waals surface area contributed by atoms with Crippen molar-refractivity contribution in [3.05, 3.63) is 63.6 Å². The number of aromatic nitrogens is 2. The van der Waals surface area contributed by atoms with Crippen LogP contribution in [-0.4, -0.2) is 47.4 Å². The average molecular weight is 437 g/mol. The standard InChI is InChI=1S/C24H28N4O4/c1-4-31-20-12-16-10-11-27(14-17(16)13-21(20)32-5-2)15-28-24(30)19-9-7-6-8-18(19)22(26-28)23(29)25-3/h6-9,12-13H,4-5,10-11,14-15H2,1-3H3,(H,25,29). The zero-order valence-electron chi connectivity index (χ0n) is 18.7. The van der Waals surface area contributed by atoms with Crippen molar-refractivity contribution in [2.45, 2.75) is 33.5 Å². The van der Waals surface area contributed by atoms with Crippen LogP contribution in [0.1, 0.15) is 35.5 Å². The number of hydrogen-bond donors (Lipinski definition) is 1. The first kappa shape index (κ1) is 21.8. The van der Waals surface area contributed by atoms with E-state index in [4.69, 9.17) is 9.47 Å². The molecule has 4 rings (SSSR count). The zero-order chi connectivity index (χ0) is 22.7. The van der Waals surface area contributed by atoms with Crippen LogP contribution in [0.15, 0.2) is 41.2 Å². The van der Waals surface area contributed by atoms with Gasteiger partial charge in [-0.05, 0) is 49.6 Å². The van der Waals surface area contributed by atoms with Crippen molar-refractivity contribution >= 4 is 16.7 Å². The number of hydrogen-bond acceptors (Lipinski definition) is 6. The third kappa shape index (κ3) is 4.18. The maximum Gasteiger partial charge on any atom is 0.275 e. The van der Waals surface area contributed by atoms with E-state index in [2.05, 4.69) is 21.4 Å². The van der Waals surface area contributed by atoms with E-state index in [1.165, 1.54) is 10.2 Å². The number of benzene rings is 2. The lowest BCUT2D eigenvalue weighted by Crippen LogP contribution is -2.38. The van der Waals surface area contributed by atoms with Gasteiger partial charge in [0.25, 0.3) is 11.5 Å². The summed E-state index contributed by atoms with van der Waals surface area (Å²) in [6, 6.07) is 11.2. The minimum Gasteiger partial charge on any atom is -0.490 e. The first-order valence-corrected chi connectivity index (χ1v) is 10.9. The molecule has 0 atom stereocenters. The second-order valence-corrected chi connectivity index (χ2v) is 7.66. The Balaban J connectivity index is 1.65. The molecule has 1 amide bonds. The van der Waals surface area contributed by atoms with E-state index >= 15 is 0 Å². The Bertz CT molecular complexity index is 1200. The number of carbonyl (C=O) groups is 1. The molecule has 8 heteroatoms. The molecular formula is C24H28N4O4. The predicted molar refractivity (Wildman–Crippen MR) is 122 cm³/mol. The Kier molecular flexibility index (Phi) is 6.41. The lowest BCUT2D eigenvalue weighted by molar-refractivity contribution is 0.0955. The van der Waals surface area contributed by atoms with Crippen molar-refractivity contribution < 1.29 is 14.3 Å². The fourth-order valence-electron chi connectivity index (χ4n) is 4.09. The van der Waals surface area contributed by atoms with Crippen LogP contribution in [0.2, 0.25) is 0 Å². The van der Waals surface area contributed by atoms with Crippen molar-refractivity contribution in [1.82, 2.24) is 20.0 Å². The van der Waals surface area contributed by atoms with E-state index in [-0.39, 0.29) is 17.2 Å². The highest BCUT2D eigenvalue weighted by molar-refractivity contribution is 6.04. The average Bonchev–Trinajstić information content (AvgIpc) is 2.81. The van der Waals surface area contributed by atoms with E-state index in [9.17, 15) is 9.59 Å². The van der Waals surface area contributed by atoms with Crippen LogP contribution in [0.5, 0.6) is 11.5 Å². The molecule has 0 unspecified atom stereocenters. The van der Waals surface area contributed by atoms with Crippen molar-refractivity contribution in [2.24, 2.45) is 0 Å². The van der Waals surface area contributed by atoms with Gasteiger partial charge < -0.3 is 14.8 Å². The summed E-state index contributed by atoms with van der Waals surface area (Å²) in [6.07, 6.45) is 0.826. The normalized spacial score (nSPS) is 13.6. The fraction of sp³-hybridized carbons (Fsp3) is 0.375. The molecule has 0 spiro atoms. The maximum atomic E-state index is 13.1. The summed E-state index contributed by atoms with van der Waals surface area (Å²) < 4.78 is 12.9. The van der Waals surface area contributed by atoms with Gasteiger partial charge in [0.2, 0.25) is 0 Å². The molecule has 1 aliphatic rings.